The lowest BCUT2D eigenvalue weighted by atomic mass is 9.84. The Morgan fingerprint density at radius 2 is 0.883 bits per heavy atom. The topological polar surface area (TPSA) is 312 Å². The van der Waals surface area contributed by atoms with Crippen molar-refractivity contribution in [2.24, 2.45) is 11.8 Å². The summed E-state index contributed by atoms with van der Waals surface area (Å²) >= 11 is 1.42. The summed E-state index contributed by atoms with van der Waals surface area (Å²) in [5.41, 5.74) is 4.38. The summed E-state index contributed by atoms with van der Waals surface area (Å²) in [6, 6.07) is 45.0. The highest BCUT2D eigenvalue weighted by Crippen LogP contribution is 2.48. The molecule has 0 radical (unpaired) electrons. The quantitative estimate of drug-likeness (QED) is 0.0130. The van der Waals surface area contributed by atoms with E-state index in [2.05, 4.69) is 37.2 Å². The van der Waals surface area contributed by atoms with E-state index in [4.69, 9.17) is 0 Å². The second-order valence-electron chi connectivity index (χ2n) is 23.5. The van der Waals surface area contributed by atoms with Crippen LogP contribution in [0.2, 0.25) is 0 Å². The minimum absolute atomic E-state index is 0.00371. The zero-order chi connectivity index (χ0) is 67.8. The first-order chi connectivity index (χ1) is 45.5. The van der Waals surface area contributed by atoms with Gasteiger partial charge in [-0.25, -0.2) is 9.59 Å². The molecule has 0 aliphatic carbocycles. The Balaban J connectivity index is 1.01. The van der Waals surface area contributed by atoms with Gasteiger partial charge >= 0.3 is 18.0 Å². The van der Waals surface area contributed by atoms with E-state index in [1.807, 2.05) is 104 Å². The van der Waals surface area contributed by atoms with Crippen molar-refractivity contribution in [3.63, 3.8) is 0 Å². The van der Waals surface area contributed by atoms with Crippen LogP contribution in [0.3, 0.4) is 0 Å². The van der Waals surface area contributed by atoms with Crippen LogP contribution in [-0.4, -0.2) is 126 Å². The molecule has 0 saturated heterocycles. The van der Waals surface area contributed by atoms with E-state index in [9.17, 15) is 63.0 Å². The molecule has 504 valence electrons. The SMILES string of the molecule is CCC[C@H](NC(=O)NCCCCCNC(=O)CCCCCCC(=O)CCCCCC(CC(=O)C(Cc1ccccc1)NC(=O)C(CC(=O)CNC(=O)CNC(=O)CNC(=O)CSC(c1ccccc1)(c1ccccc1)c1ccccc1)Cc1ccccc1)C(=O)O)C(=O)O. The second-order valence-corrected chi connectivity index (χ2v) is 24.7. The van der Waals surface area contributed by atoms with Crippen LogP contribution in [0.4, 0.5) is 4.79 Å². The predicted octanol–water partition coefficient (Wildman–Crippen LogP) is 8.97. The number of rotatable bonds is 47. The third kappa shape index (κ3) is 28.5. The molecule has 0 fully saturated rings. The van der Waals surface area contributed by atoms with E-state index in [1.54, 1.807) is 54.6 Å². The zero-order valence-corrected chi connectivity index (χ0v) is 54.7. The largest absolute Gasteiger partial charge is 0.481 e. The fourth-order valence-corrected chi connectivity index (χ4v) is 12.3. The van der Waals surface area contributed by atoms with Gasteiger partial charge in [-0.15, -0.1) is 11.8 Å². The number of thioether (sulfide) groups is 1. The molecule has 3 unspecified atom stereocenters. The van der Waals surface area contributed by atoms with Gasteiger partial charge in [-0.3, -0.25) is 43.2 Å². The van der Waals surface area contributed by atoms with Crippen molar-refractivity contribution in [2.75, 3.05) is 38.5 Å². The Morgan fingerprint density at radius 3 is 1.40 bits per heavy atom. The van der Waals surface area contributed by atoms with Crippen molar-refractivity contribution >= 4 is 76.6 Å². The summed E-state index contributed by atoms with van der Waals surface area (Å²) in [5, 5.41) is 38.0. The number of carboxylic acids is 2. The average Bonchev–Trinajstić information content (AvgIpc) is 0.763. The van der Waals surface area contributed by atoms with Gasteiger partial charge in [0, 0.05) is 51.1 Å². The van der Waals surface area contributed by atoms with Gasteiger partial charge in [-0.05, 0) is 92.0 Å². The summed E-state index contributed by atoms with van der Waals surface area (Å²) < 4.78 is -0.754. The molecule has 0 heterocycles. The Hall–Kier alpha value is -8.98. The Bertz CT molecular complexity index is 3080. The van der Waals surface area contributed by atoms with Crippen molar-refractivity contribution in [1.82, 2.24) is 37.2 Å². The summed E-state index contributed by atoms with van der Waals surface area (Å²) in [4.78, 5) is 142. The number of hydrogen-bond donors (Lipinski definition) is 9. The van der Waals surface area contributed by atoms with E-state index >= 15 is 0 Å². The van der Waals surface area contributed by atoms with Crippen LogP contribution in [0.25, 0.3) is 0 Å². The van der Waals surface area contributed by atoms with Gasteiger partial charge in [0.25, 0.3) is 0 Å². The maximum atomic E-state index is 14.3. The summed E-state index contributed by atoms with van der Waals surface area (Å²) in [6.45, 7) is 1.40. The molecular formula is C73H93N7O13S. The number of amides is 7. The number of Topliss-reactive ketones (excluding diaryl/α,β-unsaturated/α-hetero) is 3. The molecule has 9 N–H and O–H groups in total. The van der Waals surface area contributed by atoms with Gasteiger partial charge in [-0.1, -0.05) is 191 Å². The minimum atomic E-state index is -1.16. The van der Waals surface area contributed by atoms with Crippen molar-refractivity contribution in [2.45, 2.75) is 152 Å². The Labute approximate surface area is 556 Å². The van der Waals surface area contributed by atoms with E-state index in [-0.39, 0.29) is 49.5 Å². The van der Waals surface area contributed by atoms with Crippen LogP contribution in [0.1, 0.15) is 150 Å². The molecule has 21 heteroatoms. The molecule has 4 atom stereocenters. The van der Waals surface area contributed by atoms with E-state index in [0.717, 1.165) is 53.5 Å². The highest BCUT2D eigenvalue weighted by atomic mass is 32.2. The lowest BCUT2D eigenvalue weighted by Crippen LogP contribution is -2.47. The van der Waals surface area contributed by atoms with Crippen LogP contribution >= 0.6 is 11.8 Å². The maximum Gasteiger partial charge on any atom is 0.326 e. The van der Waals surface area contributed by atoms with Crippen molar-refractivity contribution in [1.29, 1.82) is 0 Å². The number of aliphatic carboxylic acids is 2. The first-order valence-corrected chi connectivity index (χ1v) is 33.8. The van der Waals surface area contributed by atoms with Crippen LogP contribution in [0, 0.1) is 11.8 Å². The average molecular weight is 1310 g/mol. The number of carbonyl (C=O) groups excluding carboxylic acids is 9. The molecule has 0 saturated carbocycles. The molecule has 0 aliphatic heterocycles. The zero-order valence-electron chi connectivity index (χ0n) is 53.9. The Morgan fingerprint density at radius 1 is 0.415 bits per heavy atom. The summed E-state index contributed by atoms with van der Waals surface area (Å²) in [7, 11) is 0. The maximum absolute atomic E-state index is 14.3. The number of benzene rings is 5. The second kappa shape index (κ2) is 43.0. The molecule has 20 nitrogen and oxygen atoms in total. The normalized spacial score (nSPS) is 12.4. The molecule has 5 rings (SSSR count). The van der Waals surface area contributed by atoms with Crippen LogP contribution in [-0.2, 0) is 65.5 Å². The lowest BCUT2D eigenvalue weighted by Gasteiger charge is -2.35. The molecule has 0 aromatic heterocycles. The van der Waals surface area contributed by atoms with Crippen molar-refractivity contribution in [3.05, 3.63) is 179 Å². The number of urea groups is 1. The monoisotopic (exact) mass is 1310 g/mol. The highest BCUT2D eigenvalue weighted by molar-refractivity contribution is 8.01. The first kappa shape index (κ1) is 75.7. The summed E-state index contributed by atoms with van der Waals surface area (Å²) in [6.07, 6.45) is 8.63. The minimum Gasteiger partial charge on any atom is -0.481 e. The van der Waals surface area contributed by atoms with Gasteiger partial charge in [0.2, 0.25) is 29.5 Å². The smallest absolute Gasteiger partial charge is 0.326 e. The van der Waals surface area contributed by atoms with Gasteiger partial charge < -0.3 is 47.4 Å². The Kier molecular flexibility index (Phi) is 34.7. The molecule has 0 spiro atoms. The van der Waals surface area contributed by atoms with Crippen molar-refractivity contribution in [3.8, 4) is 0 Å². The van der Waals surface area contributed by atoms with Gasteiger partial charge in [0.05, 0.1) is 42.1 Å². The molecule has 0 bridgehead atoms. The fraction of sp³-hybridized carbons (Fsp3) is 0.438. The van der Waals surface area contributed by atoms with E-state index in [0.29, 0.717) is 83.7 Å². The third-order valence-corrected chi connectivity index (χ3v) is 17.6. The molecule has 5 aromatic rings. The fourth-order valence-electron chi connectivity index (χ4n) is 10.9. The van der Waals surface area contributed by atoms with Gasteiger partial charge in [0.1, 0.15) is 11.8 Å². The van der Waals surface area contributed by atoms with Crippen LogP contribution in [0.15, 0.2) is 152 Å². The number of carboxylic acid groups (broad SMARTS) is 2. The number of ketones is 3. The van der Waals surface area contributed by atoms with Crippen LogP contribution < -0.4 is 37.2 Å². The first-order valence-electron chi connectivity index (χ1n) is 32.8. The van der Waals surface area contributed by atoms with Crippen molar-refractivity contribution < 1.29 is 63.0 Å². The highest BCUT2D eigenvalue weighted by Gasteiger charge is 2.38. The molecule has 5 aromatic carbocycles. The van der Waals surface area contributed by atoms with Gasteiger partial charge in [-0.2, -0.15) is 0 Å². The van der Waals surface area contributed by atoms with Gasteiger partial charge in [0.15, 0.2) is 11.6 Å². The number of unbranched alkanes of at least 4 members (excludes halogenated alkanes) is 7. The molecule has 0 aliphatic rings. The molecular weight excluding hydrogens is 1210 g/mol. The summed E-state index contributed by atoms with van der Waals surface area (Å²) in [5.74, 6) is -7.49. The lowest BCUT2D eigenvalue weighted by molar-refractivity contribution is -0.144. The van der Waals surface area contributed by atoms with Crippen LogP contribution in [0.5, 0.6) is 0 Å². The third-order valence-electron chi connectivity index (χ3n) is 16.0. The standard InChI is InChI=1S/C73H93N7O13S/c1-2-28-62(71(91)92)80-72(93)75-44-27-11-26-43-74-65(84)42-25-4-3-23-40-60(81)41-24-7-16-33-55(70(89)90)48-64(83)63(46-54-31-14-6-15-32-54)79-69(88)56(45-53-29-12-5-13-30-53)47-61(82)49-76-66(85)50-77-67(86)51-78-68(87)52-94-73(57-34-17-8-18-35-57,58-36-19-9-20-37-58)59-38-21-10-22-39-59/h5-6,8-10,12-15,17-22,29-32,34-39,55-56,62-63H,2-4,7,11,16,23-28,33,40-52H2,1H3,(H,74,84)(H,76,85)(H,77,86)(H,78,87)(H,79,88)(H,89,90)(H,91,92)(H2,75,80,93)/t55?,56?,62-,63?/m0/s1. The van der Waals surface area contributed by atoms with E-state index in [1.165, 1.54) is 11.8 Å². The number of hydrogen-bond acceptors (Lipinski definition) is 12. The number of nitrogens with one attached hydrogen (secondary N) is 7. The predicted molar refractivity (Wildman–Crippen MR) is 362 cm³/mol. The van der Waals surface area contributed by atoms with E-state index < -0.39 is 101 Å². The molecule has 7 amide bonds. The molecule has 94 heavy (non-hydrogen) atoms. The number of carbonyl (C=O) groups is 11.